The molecule has 0 saturated heterocycles. The zero-order valence-corrected chi connectivity index (χ0v) is 9.10. The van der Waals surface area contributed by atoms with Crippen LogP contribution in [0.3, 0.4) is 0 Å². The molecule has 0 aromatic heterocycles. The SMILES string of the molecule is COC(=O)[C@H](N)c1cc(Cl)ccc1[N+](=O)[O-]. The standard InChI is InChI=1S/C9H9ClN2O4/c1-16-9(13)8(11)6-4-5(10)2-3-7(6)12(14)15/h2-4,8H,11H2,1H3/t8-/m1/s1. The fourth-order valence-corrected chi connectivity index (χ4v) is 1.38. The van der Waals surface area contributed by atoms with Crippen LogP contribution in [-0.4, -0.2) is 18.0 Å². The Hall–Kier alpha value is -1.66. The summed E-state index contributed by atoms with van der Waals surface area (Å²) in [5, 5.41) is 11.0. The van der Waals surface area contributed by atoms with E-state index in [1.54, 1.807) is 0 Å². The quantitative estimate of drug-likeness (QED) is 0.493. The van der Waals surface area contributed by atoms with Gasteiger partial charge < -0.3 is 10.5 Å². The van der Waals surface area contributed by atoms with E-state index in [9.17, 15) is 14.9 Å². The number of esters is 1. The van der Waals surface area contributed by atoms with Gasteiger partial charge in [0.15, 0.2) is 0 Å². The molecule has 0 amide bonds. The Kier molecular flexibility index (Phi) is 3.81. The topological polar surface area (TPSA) is 95.5 Å². The van der Waals surface area contributed by atoms with Crippen LogP contribution in [0.5, 0.6) is 0 Å². The number of ether oxygens (including phenoxy) is 1. The van der Waals surface area contributed by atoms with Crippen molar-refractivity contribution in [1.82, 2.24) is 0 Å². The predicted molar refractivity (Wildman–Crippen MR) is 57.1 cm³/mol. The van der Waals surface area contributed by atoms with Gasteiger partial charge in [-0.2, -0.15) is 0 Å². The highest BCUT2D eigenvalue weighted by Crippen LogP contribution is 2.27. The largest absolute Gasteiger partial charge is 0.468 e. The lowest BCUT2D eigenvalue weighted by molar-refractivity contribution is -0.385. The van der Waals surface area contributed by atoms with Gasteiger partial charge in [-0.3, -0.25) is 10.1 Å². The van der Waals surface area contributed by atoms with E-state index in [0.29, 0.717) is 0 Å². The second-order valence-electron chi connectivity index (χ2n) is 2.96. The minimum absolute atomic E-state index is 0.0318. The second-order valence-corrected chi connectivity index (χ2v) is 3.40. The van der Waals surface area contributed by atoms with Crippen molar-refractivity contribution in [3.63, 3.8) is 0 Å². The molecule has 1 rings (SSSR count). The summed E-state index contributed by atoms with van der Waals surface area (Å²) in [7, 11) is 1.15. The summed E-state index contributed by atoms with van der Waals surface area (Å²) in [5.74, 6) is -0.759. The first-order valence-corrected chi connectivity index (χ1v) is 4.62. The molecule has 0 unspecified atom stereocenters. The first-order chi connectivity index (χ1) is 7.47. The molecule has 1 atom stereocenters. The molecule has 0 aliphatic heterocycles. The van der Waals surface area contributed by atoms with Gasteiger partial charge in [0, 0.05) is 11.1 Å². The van der Waals surface area contributed by atoms with Crippen LogP contribution in [0.15, 0.2) is 18.2 Å². The molecular formula is C9H9ClN2O4. The van der Waals surface area contributed by atoms with Gasteiger partial charge in [-0.15, -0.1) is 0 Å². The highest BCUT2D eigenvalue weighted by molar-refractivity contribution is 6.30. The monoisotopic (exact) mass is 244 g/mol. The van der Waals surface area contributed by atoms with Gasteiger partial charge in [0.25, 0.3) is 5.69 Å². The number of hydrogen-bond acceptors (Lipinski definition) is 5. The molecule has 0 aliphatic rings. The summed E-state index contributed by atoms with van der Waals surface area (Å²) in [6.45, 7) is 0. The number of halogens is 1. The van der Waals surface area contributed by atoms with Crippen LogP contribution in [0.1, 0.15) is 11.6 Å². The molecule has 0 aliphatic carbocycles. The van der Waals surface area contributed by atoms with Crippen LogP contribution in [0.2, 0.25) is 5.02 Å². The van der Waals surface area contributed by atoms with Crippen molar-refractivity contribution in [3.05, 3.63) is 38.9 Å². The normalized spacial score (nSPS) is 11.9. The van der Waals surface area contributed by atoms with Gasteiger partial charge in [-0.05, 0) is 12.1 Å². The van der Waals surface area contributed by atoms with Crippen LogP contribution in [0.4, 0.5) is 5.69 Å². The number of nitro benzene ring substituents is 1. The number of methoxy groups -OCH3 is 1. The van der Waals surface area contributed by atoms with Crippen molar-refractivity contribution in [2.75, 3.05) is 7.11 Å². The van der Waals surface area contributed by atoms with E-state index >= 15 is 0 Å². The molecule has 0 saturated carbocycles. The molecule has 1 aromatic rings. The van der Waals surface area contributed by atoms with Crippen molar-refractivity contribution < 1.29 is 14.5 Å². The van der Waals surface area contributed by atoms with Gasteiger partial charge in [0.2, 0.25) is 0 Å². The van der Waals surface area contributed by atoms with Crippen molar-refractivity contribution in [3.8, 4) is 0 Å². The first-order valence-electron chi connectivity index (χ1n) is 4.24. The number of nitro groups is 1. The number of rotatable bonds is 3. The summed E-state index contributed by atoms with van der Waals surface area (Å²) in [4.78, 5) is 21.3. The maximum Gasteiger partial charge on any atom is 0.327 e. The van der Waals surface area contributed by atoms with E-state index in [1.165, 1.54) is 18.2 Å². The van der Waals surface area contributed by atoms with E-state index in [1.807, 2.05) is 0 Å². The van der Waals surface area contributed by atoms with Crippen molar-refractivity contribution in [2.24, 2.45) is 5.73 Å². The molecule has 7 heteroatoms. The molecule has 0 bridgehead atoms. The summed E-state index contributed by atoms with van der Waals surface area (Å²) >= 11 is 5.68. The molecular weight excluding hydrogens is 236 g/mol. The Bertz CT molecular complexity index is 436. The van der Waals surface area contributed by atoms with Crippen LogP contribution in [-0.2, 0) is 9.53 Å². The number of benzene rings is 1. The number of carbonyl (C=O) groups is 1. The summed E-state index contributed by atoms with van der Waals surface area (Å²) in [5.41, 5.74) is 5.29. The Balaban J connectivity index is 3.24. The zero-order valence-electron chi connectivity index (χ0n) is 8.34. The van der Waals surface area contributed by atoms with E-state index in [2.05, 4.69) is 4.74 Å². The van der Waals surface area contributed by atoms with Gasteiger partial charge in [0.05, 0.1) is 17.6 Å². The molecule has 0 spiro atoms. The average Bonchev–Trinajstić information content (AvgIpc) is 2.26. The van der Waals surface area contributed by atoms with Gasteiger partial charge in [-0.1, -0.05) is 11.6 Å². The maximum atomic E-state index is 11.2. The molecule has 0 radical (unpaired) electrons. The number of hydrogen-bond donors (Lipinski definition) is 1. The lowest BCUT2D eigenvalue weighted by Gasteiger charge is -2.10. The van der Waals surface area contributed by atoms with E-state index < -0.39 is 16.9 Å². The Morgan fingerprint density at radius 3 is 2.75 bits per heavy atom. The number of carbonyl (C=O) groups excluding carboxylic acids is 1. The molecule has 6 nitrogen and oxygen atoms in total. The lowest BCUT2D eigenvalue weighted by Crippen LogP contribution is -2.23. The number of nitrogens with two attached hydrogens (primary N) is 1. The molecule has 0 fully saturated rings. The van der Waals surface area contributed by atoms with Gasteiger partial charge in [0.1, 0.15) is 6.04 Å². The predicted octanol–water partition coefficient (Wildman–Crippen LogP) is 1.42. The summed E-state index contributed by atoms with van der Waals surface area (Å²) < 4.78 is 4.41. The van der Waals surface area contributed by atoms with E-state index in [-0.39, 0.29) is 16.3 Å². The van der Waals surface area contributed by atoms with Crippen molar-refractivity contribution in [1.29, 1.82) is 0 Å². The smallest absolute Gasteiger partial charge is 0.327 e. The van der Waals surface area contributed by atoms with E-state index in [0.717, 1.165) is 7.11 Å². The minimum Gasteiger partial charge on any atom is -0.468 e. The second kappa shape index (κ2) is 4.91. The van der Waals surface area contributed by atoms with Crippen molar-refractivity contribution >= 4 is 23.3 Å². The summed E-state index contributed by atoms with van der Waals surface area (Å²) in [6, 6.07) is 2.61. The third kappa shape index (κ3) is 2.47. The van der Waals surface area contributed by atoms with Crippen LogP contribution >= 0.6 is 11.6 Å². The fourth-order valence-electron chi connectivity index (χ4n) is 1.19. The highest BCUT2D eigenvalue weighted by atomic mass is 35.5. The Labute approximate surface area is 96.1 Å². The van der Waals surface area contributed by atoms with Crippen LogP contribution < -0.4 is 5.73 Å². The van der Waals surface area contributed by atoms with Gasteiger partial charge >= 0.3 is 5.97 Å². The third-order valence-electron chi connectivity index (χ3n) is 1.98. The molecule has 86 valence electrons. The molecule has 2 N–H and O–H groups in total. The fraction of sp³-hybridized carbons (Fsp3) is 0.222. The number of nitrogens with zero attached hydrogens (tertiary/aromatic N) is 1. The van der Waals surface area contributed by atoms with E-state index in [4.69, 9.17) is 17.3 Å². The molecule has 1 aromatic carbocycles. The average molecular weight is 245 g/mol. The van der Waals surface area contributed by atoms with Gasteiger partial charge in [-0.25, -0.2) is 4.79 Å². The molecule has 16 heavy (non-hydrogen) atoms. The van der Waals surface area contributed by atoms with Crippen molar-refractivity contribution in [2.45, 2.75) is 6.04 Å². The van der Waals surface area contributed by atoms with Crippen LogP contribution in [0, 0.1) is 10.1 Å². The Morgan fingerprint density at radius 1 is 1.62 bits per heavy atom. The highest BCUT2D eigenvalue weighted by Gasteiger charge is 2.25. The Morgan fingerprint density at radius 2 is 2.25 bits per heavy atom. The molecule has 0 heterocycles. The maximum absolute atomic E-state index is 11.2. The zero-order chi connectivity index (χ0) is 12.3. The lowest BCUT2D eigenvalue weighted by atomic mass is 10.1. The first kappa shape index (κ1) is 12.4. The third-order valence-corrected chi connectivity index (χ3v) is 2.21. The van der Waals surface area contributed by atoms with Crippen LogP contribution in [0.25, 0.3) is 0 Å². The minimum atomic E-state index is -1.22. The summed E-state index contributed by atoms with van der Waals surface area (Å²) in [6.07, 6.45) is 0.